The SMILES string of the molecule is CCNC(=O)[C@@H](CC)N(Cc1ccccc1)C(=O)CCc1ccc(C(C)(C)C)cc1. The number of hydrogen-bond acceptors (Lipinski definition) is 2. The minimum atomic E-state index is -0.457. The van der Waals surface area contributed by atoms with Gasteiger partial charge in [0.2, 0.25) is 11.8 Å². The van der Waals surface area contributed by atoms with E-state index in [1.807, 2.05) is 44.2 Å². The largest absolute Gasteiger partial charge is 0.355 e. The Hall–Kier alpha value is -2.62. The van der Waals surface area contributed by atoms with E-state index in [0.717, 1.165) is 11.1 Å². The summed E-state index contributed by atoms with van der Waals surface area (Å²) in [6.45, 7) is 11.4. The summed E-state index contributed by atoms with van der Waals surface area (Å²) in [7, 11) is 0. The van der Waals surface area contributed by atoms with Gasteiger partial charge in [0.25, 0.3) is 0 Å². The van der Waals surface area contributed by atoms with Gasteiger partial charge in [-0.05, 0) is 41.9 Å². The Balaban J connectivity index is 2.14. The standard InChI is InChI=1S/C26H36N2O2/c1-6-23(25(30)27-7-2)28(19-21-11-9-8-10-12-21)24(29)18-15-20-13-16-22(17-14-20)26(3,4)5/h8-14,16-17,23H,6-7,15,18-19H2,1-5H3,(H,27,30)/t23-/m1/s1. The zero-order chi connectivity index (χ0) is 22.1. The first-order chi connectivity index (χ1) is 14.3. The van der Waals surface area contributed by atoms with Crippen LogP contribution in [0, 0.1) is 0 Å². The number of carbonyl (C=O) groups is 2. The lowest BCUT2D eigenvalue weighted by Gasteiger charge is -2.30. The Morgan fingerprint density at radius 1 is 0.933 bits per heavy atom. The summed E-state index contributed by atoms with van der Waals surface area (Å²) in [6, 6.07) is 17.9. The fourth-order valence-electron chi connectivity index (χ4n) is 3.56. The molecule has 0 fully saturated rings. The van der Waals surface area contributed by atoms with Gasteiger partial charge in [0.15, 0.2) is 0 Å². The molecule has 2 aromatic rings. The van der Waals surface area contributed by atoms with Crippen molar-refractivity contribution < 1.29 is 9.59 Å². The third kappa shape index (κ3) is 6.72. The van der Waals surface area contributed by atoms with Crippen LogP contribution in [0.15, 0.2) is 54.6 Å². The second-order valence-corrected chi connectivity index (χ2v) is 8.77. The molecular formula is C26H36N2O2. The average Bonchev–Trinajstić information content (AvgIpc) is 2.72. The summed E-state index contributed by atoms with van der Waals surface area (Å²) in [6.07, 6.45) is 1.64. The third-order valence-corrected chi connectivity index (χ3v) is 5.38. The lowest BCUT2D eigenvalue weighted by Crippen LogP contribution is -2.49. The van der Waals surface area contributed by atoms with Crippen LogP contribution in [0.3, 0.4) is 0 Å². The monoisotopic (exact) mass is 408 g/mol. The number of nitrogens with one attached hydrogen (secondary N) is 1. The number of carbonyl (C=O) groups excluding carboxylic acids is 2. The van der Waals surface area contributed by atoms with Gasteiger partial charge in [0, 0.05) is 19.5 Å². The molecule has 2 aromatic carbocycles. The van der Waals surface area contributed by atoms with Gasteiger partial charge in [0.1, 0.15) is 6.04 Å². The van der Waals surface area contributed by atoms with Gasteiger partial charge < -0.3 is 10.2 Å². The summed E-state index contributed by atoms with van der Waals surface area (Å²) in [5.74, 6) is -0.0735. The molecule has 162 valence electrons. The smallest absolute Gasteiger partial charge is 0.242 e. The molecular weight excluding hydrogens is 372 g/mol. The van der Waals surface area contributed by atoms with Crippen molar-refractivity contribution in [2.75, 3.05) is 6.54 Å². The van der Waals surface area contributed by atoms with Gasteiger partial charge in [-0.2, -0.15) is 0 Å². The maximum absolute atomic E-state index is 13.2. The van der Waals surface area contributed by atoms with E-state index in [9.17, 15) is 9.59 Å². The first-order valence-electron chi connectivity index (χ1n) is 11.0. The highest BCUT2D eigenvalue weighted by atomic mass is 16.2. The summed E-state index contributed by atoms with van der Waals surface area (Å²) in [4.78, 5) is 27.6. The first kappa shape index (κ1) is 23.7. The maximum Gasteiger partial charge on any atom is 0.242 e. The van der Waals surface area contributed by atoms with E-state index in [2.05, 4.69) is 50.4 Å². The second kappa shape index (κ2) is 11.0. The number of rotatable bonds is 9. The van der Waals surface area contributed by atoms with Crippen molar-refractivity contribution in [1.29, 1.82) is 0 Å². The zero-order valence-electron chi connectivity index (χ0n) is 19.1. The molecule has 30 heavy (non-hydrogen) atoms. The molecule has 0 aliphatic rings. The van der Waals surface area contributed by atoms with Crippen LogP contribution in [0.25, 0.3) is 0 Å². The third-order valence-electron chi connectivity index (χ3n) is 5.38. The first-order valence-corrected chi connectivity index (χ1v) is 11.0. The normalized spacial score (nSPS) is 12.3. The molecule has 0 heterocycles. The number of amides is 2. The van der Waals surface area contributed by atoms with Crippen LogP contribution in [0.4, 0.5) is 0 Å². The van der Waals surface area contributed by atoms with Crippen LogP contribution in [0.5, 0.6) is 0 Å². The van der Waals surface area contributed by atoms with E-state index in [4.69, 9.17) is 0 Å². The summed E-state index contributed by atoms with van der Waals surface area (Å²) in [5.41, 5.74) is 3.57. The van der Waals surface area contributed by atoms with E-state index >= 15 is 0 Å². The van der Waals surface area contributed by atoms with Gasteiger partial charge in [-0.1, -0.05) is 82.3 Å². The number of aryl methyl sites for hydroxylation is 1. The predicted octanol–water partition coefficient (Wildman–Crippen LogP) is 4.86. The Morgan fingerprint density at radius 2 is 1.57 bits per heavy atom. The van der Waals surface area contributed by atoms with Crippen LogP contribution >= 0.6 is 0 Å². The van der Waals surface area contributed by atoms with Gasteiger partial charge in [0.05, 0.1) is 0 Å². The Bertz CT molecular complexity index is 807. The Morgan fingerprint density at radius 3 is 2.10 bits per heavy atom. The molecule has 1 atom stereocenters. The van der Waals surface area contributed by atoms with E-state index < -0.39 is 6.04 Å². The van der Waals surface area contributed by atoms with E-state index in [-0.39, 0.29) is 17.2 Å². The number of hydrogen-bond donors (Lipinski definition) is 1. The van der Waals surface area contributed by atoms with Crippen LogP contribution < -0.4 is 5.32 Å². The molecule has 2 amide bonds. The molecule has 0 aliphatic heterocycles. The molecule has 0 saturated carbocycles. The van der Waals surface area contributed by atoms with Crippen LogP contribution in [0.2, 0.25) is 0 Å². The van der Waals surface area contributed by atoms with Crippen molar-refractivity contribution in [3.8, 4) is 0 Å². The topological polar surface area (TPSA) is 49.4 Å². The molecule has 0 aromatic heterocycles. The molecule has 2 rings (SSSR count). The molecule has 0 unspecified atom stereocenters. The molecule has 4 heteroatoms. The molecule has 0 saturated heterocycles. The zero-order valence-corrected chi connectivity index (χ0v) is 19.1. The Kier molecular flexibility index (Phi) is 8.64. The van der Waals surface area contributed by atoms with Crippen molar-refractivity contribution in [2.45, 2.75) is 71.9 Å². The number of benzene rings is 2. The molecule has 0 radical (unpaired) electrons. The lowest BCUT2D eigenvalue weighted by molar-refractivity contribution is -0.141. The van der Waals surface area contributed by atoms with Crippen molar-refractivity contribution in [3.05, 3.63) is 71.3 Å². The molecule has 0 bridgehead atoms. The minimum absolute atomic E-state index is 0.0110. The summed E-state index contributed by atoms with van der Waals surface area (Å²) in [5, 5.41) is 2.88. The Labute approximate surface area is 181 Å². The molecule has 1 N–H and O–H groups in total. The number of nitrogens with zero attached hydrogens (tertiary/aromatic N) is 1. The number of likely N-dealkylation sites (N-methyl/N-ethyl adjacent to an activating group) is 1. The maximum atomic E-state index is 13.2. The highest BCUT2D eigenvalue weighted by molar-refractivity contribution is 5.87. The molecule has 4 nitrogen and oxygen atoms in total. The van der Waals surface area contributed by atoms with Crippen molar-refractivity contribution in [3.63, 3.8) is 0 Å². The second-order valence-electron chi connectivity index (χ2n) is 8.77. The van der Waals surface area contributed by atoms with Crippen LogP contribution in [-0.2, 0) is 28.0 Å². The molecule has 0 spiro atoms. The van der Waals surface area contributed by atoms with Gasteiger partial charge in [-0.25, -0.2) is 0 Å². The van der Waals surface area contributed by atoms with Crippen LogP contribution in [0.1, 0.15) is 64.2 Å². The molecule has 0 aliphatic carbocycles. The average molecular weight is 409 g/mol. The van der Waals surface area contributed by atoms with Gasteiger partial charge in [-0.15, -0.1) is 0 Å². The fraction of sp³-hybridized carbons (Fsp3) is 0.462. The predicted molar refractivity (Wildman–Crippen MR) is 123 cm³/mol. The highest BCUT2D eigenvalue weighted by Gasteiger charge is 2.28. The summed E-state index contributed by atoms with van der Waals surface area (Å²) >= 11 is 0. The van der Waals surface area contributed by atoms with Crippen molar-refractivity contribution >= 4 is 11.8 Å². The van der Waals surface area contributed by atoms with Gasteiger partial charge >= 0.3 is 0 Å². The van der Waals surface area contributed by atoms with E-state index in [1.54, 1.807) is 4.90 Å². The highest BCUT2D eigenvalue weighted by Crippen LogP contribution is 2.23. The summed E-state index contributed by atoms with van der Waals surface area (Å²) < 4.78 is 0. The van der Waals surface area contributed by atoms with Gasteiger partial charge in [-0.3, -0.25) is 9.59 Å². The van der Waals surface area contributed by atoms with Crippen molar-refractivity contribution in [1.82, 2.24) is 10.2 Å². The van der Waals surface area contributed by atoms with E-state index in [1.165, 1.54) is 5.56 Å². The van der Waals surface area contributed by atoms with Crippen LogP contribution in [-0.4, -0.2) is 29.3 Å². The minimum Gasteiger partial charge on any atom is -0.355 e. The lowest BCUT2D eigenvalue weighted by atomic mass is 9.86. The van der Waals surface area contributed by atoms with Crippen molar-refractivity contribution in [2.24, 2.45) is 0 Å². The quantitative estimate of drug-likeness (QED) is 0.644. The fourth-order valence-corrected chi connectivity index (χ4v) is 3.56. The van der Waals surface area contributed by atoms with E-state index in [0.29, 0.717) is 32.4 Å².